The third kappa shape index (κ3) is 3.61. The third-order valence-electron chi connectivity index (χ3n) is 4.59. The van der Waals surface area contributed by atoms with Gasteiger partial charge in [-0.15, -0.1) is 5.12 Å². The first-order valence-corrected chi connectivity index (χ1v) is 8.55. The molecule has 1 aromatic heterocycles. The van der Waals surface area contributed by atoms with Gasteiger partial charge in [-0.1, -0.05) is 10.5 Å². The molecule has 1 aliphatic carbocycles. The molecule has 0 radical (unpaired) electrons. The van der Waals surface area contributed by atoms with E-state index in [0.717, 1.165) is 0 Å². The second-order valence-corrected chi connectivity index (χ2v) is 6.19. The van der Waals surface area contributed by atoms with E-state index in [4.69, 9.17) is 4.74 Å². The van der Waals surface area contributed by atoms with Crippen molar-refractivity contribution in [3.63, 3.8) is 0 Å². The van der Waals surface area contributed by atoms with Crippen LogP contribution in [0.2, 0.25) is 0 Å². The minimum Gasteiger partial charge on any atom is -0.466 e. The molecule has 1 aromatic carbocycles. The van der Waals surface area contributed by atoms with Gasteiger partial charge in [0.2, 0.25) is 0 Å². The molecule has 27 heavy (non-hydrogen) atoms. The van der Waals surface area contributed by atoms with Gasteiger partial charge in [0, 0.05) is 30.5 Å². The van der Waals surface area contributed by atoms with Crippen molar-refractivity contribution in [2.75, 3.05) is 18.3 Å². The highest BCUT2D eigenvalue weighted by Gasteiger charge is 2.61. The highest BCUT2D eigenvalue weighted by atomic mass is 19.2. The number of benzene rings is 1. The molecule has 0 bridgehead atoms. The van der Waals surface area contributed by atoms with Gasteiger partial charge in [0.1, 0.15) is 0 Å². The van der Waals surface area contributed by atoms with Gasteiger partial charge in [0.05, 0.1) is 24.1 Å². The standard InChI is InChI=1S/C19H19FN2O5/c1-2-27-19(26)17-14(11-23)16(17)18(25)22(20)13-8-6-12(7-9-13)21-10-4-3-5-15(21)24/h3-10,14,16-17,23H,2,11H2,1H3. The molecule has 1 heterocycles. The molecule has 1 fully saturated rings. The zero-order chi connectivity index (χ0) is 19.6. The summed E-state index contributed by atoms with van der Waals surface area (Å²) in [4.78, 5) is 36.0. The topological polar surface area (TPSA) is 88.8 Å². The molecule has 1 saturated carbocycles. The Morgan fingerprint density at radius 2 is 1.89 bits per heavy atom. The van der Waals surface area contributed by atoms with Crippen molar-refractivity contribution < 1.29 is 23.9 Å². The zero-order valence-electron chi connectivity index (χ0n) is 14.6. The van der Waals surface area contributed by atoms with Crippen molar-refractivity contribution in [2.24, 2.45) is 17.8 Å². The summed E-state index contributed by atoms with van der Waals surface area (Å²) >= 11 is 0. The Morgan fingerprint density at radius 1 is 1.19 bits per heavy atom. The average molecular weight is 374 g/mol. The molecule has 0 spiro atoms. The number of anilines is 1. The number of ether oxygens (including phenoxy) is 1. The first kappa shape index (κ1) is 18.8. The number of carbonyl (C=O) groups excluding carboxylic acids is 2. The number of aliphatic hydroxyl groups excluding tert-OH is 1. The lowest BCUT2D eigenvalue weighted by atomic mass is 10.2. The van der Waals surface area contributed by atoms with Gasteiger partial charge in [0.25, 0.3) is 11.5 Å². The smallest absolute Gasteiger partial charge is 0.310 e. The lowest BCUT2D eigenvalue weighted by molar-refractivity contribution is -0.146. The molecule has 2 aromatic rings. The lowest BCUT2D eigenvalue weighted by Crippen LogP contribution is -2.26. The fourth-order valence-electron chi connectivity index (χ4n) is 3.14. The molecule has 0 aliphatic heterocycles. The Bertz CT molecular complexity index is 895. The van der Waals surface area contributed by atoms with Gasteiger partial charge in [0.15, 0.2) is 0 Å². The third-order valence-corrected chi connectivity index (χ3v) is 4.59. The number of nitrogens with zero attached hydrogens (tertiary/aromatic N) is 2. The number of aromatic nitrogens is 1. The molecule has 3 unspecified atom stereocenters. The molecule has 1 aliphatic rings. The van der Waals surface area contributed by atoms with Crippen molar-refractivity contribution in [3.05, 3.63) is 59.0 Å². The number of pyridine rings is 1. The number of rotatable bonds is 6. The minimum absolute atomic E-state index is 0.0288. The van der Waals surface area contributed by atoms with Gasteiger partial charge in [-0.2, -0.15) is 0 Å². The first-order chi connectivity index (χ1) is 13.0. The van der Waals surface area contributed by atoms with Crippen LogP contribution in [0, 0.1) is 17.8 Å². The Labute approximate surface area is 154 Å². The number of amides is 1. The quantitative estimate of drug-likeness (QED) is 0.611. The van der Waals surface area contributed by atoms with E-state index in [2.05, 4.69) is 0 Å². The summed E-state index contributed by atoms with van der Waals surface area (Å²) in [5.41, 5.74) is 0.257. The lowest BCUT2D eigenvalue weighted by Gasteiger charge is -2.13. The van der Waals surface area contributed by atoms with Crippen LogP contribution in [0.4, 0.5) is 10.2 Å². The van der Waals surface area contributed by atoms with Crippen molar-refractivity contribution in [1.82, 2.24) is 4.57 Å². The molecule has 7 nitrogen and oxygen atoms in total. The van der Waals surface area contributed by atoms with E-state index in [1.807, 2.05) is 0 Å². The maximum atomic E-state index is 14.5. The molecular formula is C19H19FN2O5. The summed E-state index contributed by atoms with van der Waals surface area (Å²) in [7, 11) is 0. The molecule has 0 saturated heterocycles. The number of esters is 1. The van der Waals surface area contributed by atoms with E-state index in [1.165, 1.54) is 34.9 Å². The highest BCUT2D eigenvalue weighted by Crippen LogP contribution is 2.48. The van der Waals surface area contributed by atoms with Gasteiger partial charge in [-0.05, 0) is 37.3 Å². The Morgan fingerprint density at radius 3 is 2.48 bits per heavy atom. The Hall–Kier alpha value is -3.00. The number of carbonyl (C=O) groups is 2. The summed E-state index contributed by atoms with van der Waals surface area (Å²) in [6, 6.07) is 10.5. The van der Waals surface area contributed by atoms with Gasteiger partial charge in [-0.3, -0.25) is 19.0 Å². The largest absolute Gasteiger partial charge is 0.466 e. The maximum absolute atomic E-state index is 14.5. The summed E-state index contributed by atoms with van der Waals surface area (Å²) < 4.78 is 20.8. The van der Waals surface area contributed by atoms with Crippen LogP contribution in [-0.4, -0.2) is 34.8 Å². The van der Waals surface area contributed by atoms with Crippen molar-refractivity contribution in [2.45, 2.75) is 6.92 Å². The average Bonchev–Trinajstić information content (AvgIpc) is 3.42. The fraction of sp³-hybridized carbons (Fsp3) is 0.316. The van der Waals surface area contributed by atoms with Crippen molar-refractivity contribution in [1.29, 1.82) is 0 Å². The van der Waals surface area contributed by atoms with E-state index in [9.17, 15) is 24.0 Å². The van der Waals surface area contributed by atoms with Crippen LogP contribution in [0.5, 0.6) is 0 Å². The molecular weight excluding hydrogens is 355 g/mol. The number of hydrogen-bond acceptors (Lipinski definition) is 5. The Kier molecular flexibility index (Phi) is 5.36. The predicted molar refractivity (Wildman–Crippen MR) is 94.8 cm³/mol. The minimum atomic E-state index is -0.949. The number of aliphatic hydroxyl groups is 1. The van der Waals surface area contributed by atoms with Gasteiger partial charge >= 0.3 is 5.97 Å². The van der Waals surface area contributed by atoms with Gasteiger partial charge in [-0.25, -0.2) is 0 Å². The van der Waals surface area contributed by atoms with E-state index in [-0.39, 0.29) is 23.0 Å². The van der Waals surface area contributed by atoms with Crippen LogP contribution in [0.15, 0.2) is 53.5 Å². The van der Waals surface area contributed by atoms with Gasteiger partial charge < -0.3 is 9.84 Å². The molecule has 8 heteroatoms. The molecule has 1 amide bonds. The number of halogens is 1. The summed E-state index contributed by atoms with van der Waals surface area (Å²) in [5.74, 6) is -3.94. The van der Waals surface area contributed by atoms with Crippen LogP contribution >= 0.6 is 0 Å². The van der Waals surface area contributed by atoms with Crippen molar-refractivity contribution in [3.8, 4) is 5.69 Å². The van der Waals surface area contributed by atoms with Crippen LogP contribution in [0.1, 0.15) is 6.92 Å². The van der Waals surface area contributed by atoms with Crippen LogP contribution in [0.25, 0.3) is 5.69 Å². The zero-order valence-corrected chi connectivity index (χ0v) is 14.6. The second kappa shape index (κ2) is 7.71. The van der Waals surface area contributed by atoms with E-state index in [0.29, 0.717) is 5.69 Å². The fourth-order valence-corrected chi connectivity index (χ4v) is 3.14. The first-order valence-electron chi connectivity index (χ1n) is 8.55. The molecule has 142 valence electrons. The molecule has 3 atom stereocenters. The molecule has 3 rings (SSSR count). The monoisotopic (exact) mass is 374 g/mol. The summed E-state index contributed by atoms with van der Waals surface area (Å²) in [5, 5.41) is 9.28. The van der Waals surface area contributed by atoms with Crippen LogP contribution in [0.3, 0.4) is 0 Å². The predicted octanol–water partition coefficient (Wildman–Crippen LogP) is 1.47. The van der Waals surface area contributed by atoms with Crippen LogP contribution < -0.4 is 10.7 Å². The normalized spacial score (nSPS) is 20.8. The van der Waals surface area contributed by atoms with E-state index >= 15 is 0 Å². The SMILES string of the molecule is CCOC(=O)C1C(CO)C1C(=O)N(F)c1ccc(-n2ccccc2=O)cc1. The van der Waals surface area contributed by atoms with E-state index in [1.54, 1.807) is 25.3 Å². The second-order valence-electron chi connectivity index (χ2n) is 6.19. The Balaban J connectivity index is 1.75. The van der Waals surface area contributed by atoms with Crippen LogP contribution in [-0.2, 0) is 14.3 Å². The summed E-state index contributed by atoms with van der Waals surface area (Å²) in [6.07, 6.45) is 1.58. The highest BCUT2D eigenvalue weighted by molar-refractivity contribution is 5.99. The maximum Gasteiger partial charge on any atom is 0.310 e. The van der Waals surface area contributed by atoms with Crippen molar-refractivity contribution >= 4 is 17.6 Å². The van der Waals surface area contributed by atoms with E-state index < -0.39 is 36.2 Å². The number of hydrogen-bond donors (Lipinski definition) is 1. The molecule has 1 N–H and O–H groups in total. The summed E-state index contributed by atoms with van der Waals surface area (Å²) in [6.45, 7) is 1.38.